The van der Waals surface area contributed by atoms with Crippen molar-refractivity contribution in [3.05, 3.63) is 48.0 Å². The first kappa shape index (κ1) is 11.4. The van der Waals surface area contributed by atoms with Gasteiger partial charge in [0.15, 0.2) is 0 Å². The normalized spacial score (nSPS) is 10.3. The van der Waals surface area contributed by atoms with Crippen LogP contribution in [-0.4, -0.2) is 7.11 Å². The van der Waals surface area contributed by atoms with E-state index in [4.69, 9.17) is 10.5 Å². The maximum absolute atomic E-state index is 13.2. The van der Waals surface area contributed by atoms with Crippen LogP contribution in [0.2, 0.25) is 0 Å². The van der Waals surface area contributed by atoms with E-state index < -0.39 is 11.6 Å². The van der Waals surface area contributed by atoms with Crippen molar-refractivity contribution in [3.8, 4) is 16.9 Å². The molecule has 0 aliphatic rings. The average Bonchev–Trinajstić information content (AvgIpc) is 2.32. The van der Waals surface area contributed by atoms with E-state index in [0.717, 1.165) is 0 Å². The fraction of sp³-hybridized carbons (Fsp3) is 0.0769. The molecule has 0 atom stereocenters. The third kappa shape index (κ3) is 2.20. The van der Waals surface area contributed by atoms with Crippen LogP contribution >= 0.6 is 0 Å². The SMILES string of the molecule is COc1ccc(F)cc1-c1cc(F)ccc1N. The van der Waals surface area contributed by atoms with Gasteiger partial charge in [-0.25, -0.2) is 8.78 Å². The number of ether oxygens (including phenoxy) is 1. The third-order valence-corrected chi connectivity index (χ3v) is 2.47. The van der Waals surface area contributed by atoms with Crippen LogP contribution in [0.4, 0.5) is 14.5 Å². The molecule has 0 bridgehead atoms. The molecule has 2 N–H and O–H groups in total. The maximum Gasteiger partial charge on any atom is 0.126 e. The van der Waals surface area contributed by atoms with Crippen molar-refractivity contribution < 1.29 is 13.5 Å². The number of benzene rings is 2. The van der Waals surface area contributed by atoms with E-state index in [1.165, 1.54) is 43.5 Å². The number of methoxy groups -OCH3 is 1. The summed E-state index contributed by atoms with van der Waals surface area (Å²) in [6.07, 6.45) is 0. The molecule has 0 saturated carbocycles. The second-order valence-corrected chi connectivity index (χ2v) is 3.58. The third-order valence-electron chi connectivity index (χ3n) is 2.47. The Kier molecular flexibility index (Phi) is 2.95. The molecule has 0 aliphatic heterocycles. The summed E-state index contributed by atoms with van der Waals surface area (Å²) in [5, 5.41) is 0. The zero-order valence-electron chi connectivity index (χ0n) is 9.21. The van der Waals surface area contributed by atoms with Crippen LogP contribution in [0.5, 0.6) is 5.75 Å². The summed E-state index contributed by atoms with van der Waals surface area (Å²) in [6, 6.07) is 7.98. The first-order chi connectivity index (χ1) is 8.11. The molecular formula is C13H11F2NO. The molecule has 0 aromatic heterocycles. The van der Waals surface area contributed by atoms with Gasteiger partial charge in [-0.15, -0.1) is 0 Å². The molecule has 4 heteroatoms. The molecule has 17 heavy (non-hydrogen) atoms. The number of nitrogen functional groups attached to an aromatic ring is 1. The lowest BCUT2D eigenvalue weighted by Gasteiger charge is -2.11. The predicted octanol–water partition coefficient (Wildman–Crippen LogP) is 3.22. The molecule has 0 radical (unpaired) electrons. The van der Waals surface area contributed by atoms with E-state index in [1.54, 1.807) is 0 Å². The molecule has 2 nitrogen and oxygen atoms in total. The summed E-state index contributed by atoms with van der Waals surface area (Å²) in [5.41, 5.74) is 6.97. The molecule has 0 aliphatic carbocycles. The molecule has 0 unspecified atom stereocenters. The Labute approximate surface area is 97.6 Å². The van der Waals surface area contributed by atoms with Gasteiger partial charge in [0, 0.05) is 16.8 Å². The zero-order valence-corrected chi connectivity index (χ0v) is 9.21. The molecule has 0 fully saturated rings. The van der Waals surface area contributed by atoms with Gasteiger partial charge in [-0.2, -0.15) is 0 Å². The first-order valence-corrected chi connectivity index (χ1v) is 5.01. The second kappa shape index (κ2) is 4.41. The number of halogens is 2. The minimum absolute atomic E-state index is 0.371. The van der Waals surface area contributed by atoms with Crippen LogP contribution in [0.3, 0.4) is 0 Å². The van der Waals surface area contributed by atoms with Gasteiger partial charge in [-0.1, -0.05) is 0 Å². The smallest absolute Gasteiger partial charge is 0.126 e. The molecule has 0 heterocycles. The maximum atomic E-state index is 13.2. The highest BCUT2D eigenvalue weighted by Crippen LogP contribution is 2.34. The fourth-order valence-electron chi connectivity index (χ4n) is 1.65. The Morgan fingerprint density at radius 1 is 0.941 bits per heavy atom. The van der Waals surface area contributed by atoms with Crippen molar-refractivity contribution in [1.82, 2.24) is 0 Å². The standard InChI is InChI=1S/C13H11F2NO/c1-17-13-5-3-9(15)7-11(13)10-6-8(14)2-4-12(10)16/h2-7H,16H2,1H3. The van der Waals surface area contributed by atoms with E-state index >= 15 is 0 Å². The van der Waals surface area contributed by atoms with E-state index in [-0.39, 0.29) is 0 Å². The number of nitrogens with two attached hydrogens (primary N) is 1. The summed E-state index contributed by atoms with van der Waals surface area (Å²) in [6.45, 7) is 0. The van der Waals surface area contributed by atoms with Gasteiger partial charge < -0.3 is 10.5 Å². The lowest BCUT2D eigenvalue weighted by Crippen LogP contribution is -1.94. The molecule has 0 spiro atoms. The highest BCUT2D eigenvalue weighted by molar-refractivity contribution is 5.80. The Balaban J connectivity index is 2.66. The minimum atomic E-state index is -0.430. The van der Waals surface area contributed by atoms with Crippen molar-refractivity contribution in [1.29, 1.82) is 0 Å². The van der Waals surface area contributed by atoms with Crippen molar-refractivity contribution in [2.75, 3.05) is 12.8 Å². The van der Waals surface area contributed by atoms with E-state index in [1.807, 2.05) is 0 Å². The topological polar surface area (TPSA) is 35.2 Å². The number of hydrogen-bond acceptors (Lipinski definition) is 2. The van der Waals surface area contributed by atoms with Crippen molar-refractivity contribution >= 4 is 5.69 Å². The van der Waals surface area contributed by atoms with Crippen LogP contribution in [0, 0.1) is 11.6 Å². The van der Waals surface area contributed by atoms with Gasteiger partial charge in [0.25, 0.3) is 0 Å². The molecule has 2 aromatic carbocycles. The van der Waals surface area contributed by atoms with Crippen molar-refractivity contribution in [2.24, 2.45) is 0 Å². The van der Waals surface area contributed by atoms with Crippen LogP contribution in [-0.2, 0) is 0 Å². The lowest BCUT2D eigenvalue weighted by molar-refractivity contribution is 0.415. The number of anilines is 1. The van der Waals surface area contributed by atoms with Crippen LogP contribution in [0.15, 0.2) is 36.4 Å². The summed E-state index contributed by atoms with van der Waals surface area (Å²) in [7, 11) is 1.46. The summed E-state index contributed by atoms with van der Waals surface area (Å²) in [4.78, 5) is 0. The number of rotatable bonds is 2. The van der Waals surface area contributed by atoms with Crippen LogP contribution in [0.25, 0.3) is 11.1 Å². The molecule has 2 aromatic rings. The Bertz CT molecular complexity index is 555. The molecule has 0 saturated heterocycles. The summed E-state index contributed by atoms with van der Waals surface area (Å²) < 4.78 is 31.5. The van der Waals surface area contributed by atoms with Gasteiger partial charge in [0.2, 0.25) is 0 Å². The highest BCUT2D eigenvalue weighted by Gasteiger charge is 2.11. The minimum Gasteiger partial charge on any atom is -0.496 e. The Morgan fingerprint density at radius 2 is 1.53 bits per heavy atom. The largest absolute Gasteiger partial charge is 0.496 e. The van der Waals surface area contributed by atoms with Crippen LogP contribution in [0.1, 0.15) is 0 Å². The Hall–Kier alpha value is -2.10. The molecule has 88 valence electrons. The van der Waals surface area contributed by atoms with Crippen LogP contribution < -0.4 is 10.5 Å². The quantitative estimate of drug-likeness (QED) is 0.811. The Morgan fingerprint density at radius 3 is 2.18 bits per heavy atom. The lowest BCUT2D eigenvalue weighted by atomic mass is 10.0. The second-order valence-electron chi connectivity index (χ2n) is 3.58. The highest BCUT2D eigenvalue weighted by atomic mass is 19.1. The monoisotopic (exact) mass is 235 g/mol. The number of hydrogen-bond donors (Lipinski definition) is 1. The summed E-state index contributed by atoms with van der Waals surface area (Å²) >= 11 is 0. The van der Waals surface area contributed by atoms with Gasteiger partial charge in [-0.3, -0.25) is 0 Å². The van der Waals surface area contributed by atoms with E-state index in [2.05, 4.69) is 0 Å². The molecule has 2 rings (SSSR count). The van der Waals surface area contributed by atoms with Gasteiger partial charge in [0.1, 0.15) is 17.4 Å². The average molecular weight is 235 g/mol. The predicted molar refractivity (Wildman–Crippen MR) is 62.8 cm³/mol. The first-order valence-electron chi connectivity index (χ1n) is 5.01. The van der Waals surface area contributed by atoms with E-state index in [0.29, 0.717) is 22.6 Å². The van der Waals surface area contributed by atoms with Gasteiger partial charge in [-0.05, 0) is 36.4 Å². The van der Waals surface area contributed by atoms with Gasteiger partial charge in [0.05, 0.1) is 7.11 Å². The van der Waals surface area contributed by atoms with E-state index in [9.17, 15) is 8.78 Å². The summed E-state index contributed by atoms with van der Waals surface area (Å²) in [5.74, 6) is -0.409. The van der Waals surface area contributed by atoms with Gasteiger partial charge >= 0.3 is 0 Å². The molecular weight excluding hydrogens is 224 g/mol. The fourth-order valence-corrected chi connectivity index (χ4v) is 1.65. The van der Waals surface area contributed by atoms with Crippen molar-refractivity contribution in [3.63, 3.8) is 0 Å². The molecule has 0 amide bonds. The van der Waals surface area contributed by atoms with Crippen molar-refractivity contribution in [2.45, 2.75) is 0 Å². The zero-order chi connectivity index (χ0) is 12.4.